The number of aromatic nitrogens is 3. The second-order valence-electron chi connectivity index (χ2n) is 7.11. The van der Waals surface area contributed by atoms with Crippen molar-refractivity contribution in [2.45, 2.75) is 52.4 Å². The van der Waals surface area contributed by atoms with E-state index in [0.29, 0.717) is 5.69 Å². The first kappa shape index (κ1) is 16.6. The third kappa shape index (κ3) is 3.19. The Bertz CT molecular complexity index is 709. The van der Waals surface area contributed by atoms with E-state index in [9.17, 15) is 4.79 Å². The highest BCUT2D eigenvalue weighted by molar-refractivity contribution is 5.92. The van der Waals surface area contributed by atoms with Gasteiger partial charge < -0.3 is 10.1 Å². The van der Waals surface area contributed by atoms with Crippen LogP contribution < -0.4 is 5.32 Å². The predicted molar refractivity (Wildman–Crippen MR) is 91.0 cm³/mol. The van der Waals surface area contributed by atoms with Gasteiger partial charge in [-0.1, -0.05) is 32.0 Å². The molecule has 2 atom stereocenters. The number of benzene rings is 1. The summed E-state index contributed by atoms with van der Waals surface area (Å²) >= 11 is 0. The van der Waals surface area contributed by atoms with Gasteiger partial charge in [0.15, 0.2) is 5.69 Å². The molecule has 6 heteroatoms. The minimum atomic E-state index is -0.196. The number of amides is 1. The van der Waals surface area contributed by atoms with E-state index < -0.39 is 0 Å². The molecule has 0 aliphatic heterocycles. The Morgan fingerprint density at radius 3 is 2.67 bits per heavy atom. The van der Waals surface area contributed by atoms with E-state index in [1.165, 1.54) is 11.0 Å². The lowest BCUT2D eigenvalue weighted by Crippen LogP contribution is -2.62. The van der Waals surface area contributed by atoms with Crippen LogP contribution in [-0.4, -0.2) is 39.2 Å². The Morgan fingerprint density at radius 2 is 2.04 bits per heavy atom. The van der Waals surface area contributed by atoms with E-state index >= 15 is 0 Å². The summed E-state index contributed by atoms with van der Waals surface area (Å²) in [6, 6.07) is 9.61. The molecule has 0 unspecified atom stereocenters. The summed E-state index contributed by atoms with van der Waals surface area (Å²) in [5, 5.41) is 11.5. The van der Waals surface area contributed by atoms with Crippen LogP contribution in [0.1, 0.15) is 44.6 Å². The Balaban J connectivity index is 1.63. The third-order valence-corrected chi connectivity index (χ3v) is 4.63. The first-order valence-corrected chi connectivity index (χ1v) is 8.32. The van der Waals surface area contributed by atoms with Gasteiger partial charge in [0.2, 0.25) is 0 Å². The normalized spacial score (nSPS) is 22.2. The molecule has 1 saturated carbocycles. The van der Waals surface area contributed by atoms with Crippen LogP contribution in [0.5, 0.6) is 0 Å². The van der Waals surface area contributed by atoms with Crippen LogP contribution in [0.25, 0.3) is 5.69 Å². The van der Waals surface area contributed by atoms with E-state index in [1.54, 1.807) is 0 Å². The highest BCUT2D eigenvalue weighted by Gasteiger charge is 2.50. The minimum Gasteiger partial charge on any atom is -0.375 e. The van der Waals surface area contributed by atoms with E-state index in [1.807, 2.05) is 44.2 Å². The summed E-state index contributed by atoms with van der Waals surface area (Å²) in [7, 11) is 0. The van der Waals surface area contributed by atoms with Gasteiger partial charge in [-0.3, -0.25) is 4.79 Å². The molecule has 0 bridgehead atoms. The first-order chi connectivity index (χ1) is 11.4. The number of hydrogen-bond acceptors (Lipinski definition) is 4. The van der Waals surface area contributed by atoms with Gasteiger partial charge in [0.1, 0.15) is 0 Å². The zero-order chi connectivity index (χ0) is 17.3. The van der Waals surface area contributed by atoms with Crippen LogP contribution in [0.15, 0.2) is 36.5 Å². The molecule has 1 aliphatic rings. The first-order valence-electron chi connectivity index (χ1n) is 8.32. The number of carbonyl (C=O) groups is 1. The molecule has 1 aromatic carbocycles. The van der Waals surface area contributed by atoms with Crippen LogP contribution in [0, 0.1) is 5.41 Å². The van der Waals surface area contributed by atoms with Gasteiger partial charge in [0.25, 0.3) is 5.91 Å². The van der Waals surface area contributed by atoms with E-state index in [0.717, 1.165) is 12.1 Å². The van der Waals surface area contributed by atoms with Crippen molar-refractivity contribution in [1.29, 1.82) is 0 Å². The minimum absolute atomic E-state index is 0.0793. The van der Waals surface area contributed by atoms with Gasteiger partial charge in [0.05, 0.1) is 24.1 Å². The van der Waals surface area contributed by atoms with Gasteiger partial charge in [-0.25, -0.2) is 0 Å². The zero-order valence-corrected chi connectivity index (χ0v) is 14.6. The molecule has 24 heavy (non-hydrogen) atoms. The van der Waals surface area contributed by atoms with Crippen LogP contribution in [0.3, 0.4) is 0 Å². The van der Waals surface area contributed by atoms with Gasteiger partial charge in [0, 0.05) is 11.5 Å². The van der Waals surface area contributed by atoms with Crippen molar-refractivity contribution < 1.29 is 9.53 Å². The van der Waals surface area contributed by atoms with Crippen molar-refractivity contribution in [3.8, 4) is 5.69 Å². The summed E-state index contributed by atoms with van der Waals surface area (Å²) in [4.78, 5) is 13.9. The summed E-state index contributed by atoms with van der Waals surface area (Å²) in [5.74, 6) is -0.196. The molecule has 1 aliphatic carbocycles. The number of nitrogens with zero attached hydrogens (tertiary/aromatic N) is 3. The largest absolute Gasteiger partial charge is 0.375 e. The van der Waals surface area contributed by atoms with Crippen molar-refractivity contribution in [1.82, 2.24) is 20.3 Å². The molecule has 3 rings (SSSR count). The number of ether oxygens (including phenoxy) is 1. The molecular formula is C18H24N4O2. The monoisotopic (exact) mass is 328 g/mol. The molecule has 128 valence electrons. The molecule has 0 radical (unpaired) electrons. The molecule has 1 heterocycles. The molecular weight excluding hydrogens is 304 g/mol. The van der Waals surface area contributed by atoms with Crippen LogP contribution in [0.2, 0.25) is 0 Å². The number of nitrogens with one attached hydrogen (secondary N) is 1. The van der Waals surface area contributed by atoms with Crippen LogP contribution >= 0.6 is 0 Å². The lowest BCUT2D eigenvalue weighted by atomic mass is 9.64. The molecule has 1 N–H and O–H groups in total. The highest BCUT2D eigenvalue weighted by Crippen LogP contribution is 2.43. The van der Waals surface area contributed by atoms with E-state index in [2.05, 4.69) is 29.4 Å². The predicted octanol–water partition coefficient (Wildman–Crippen LogP) is 2.59. The van der Waals surface area contributed by atoms with Gasteiger partial charge >= 0.3 is 0 Å². The van der Waals surface area contributed by atoms with Gasteiger partial charge in [-0.15, -0.1) is 5.10 Å². The highest BCUT2D eigenvalue weighted by atomic mass is 16.5. The maximum absolute atomic E-state index is 12.4. The Kier molecular flexibility index (Phi) is 4.41. The van der Waals surface area contributed by atoms with Crippen molar-refractivity contribution >= 4 is 5.91 Å². The molecule has 6 nitrogen and oxygen atoms in total. The van der Waals surface area contributed by atoms with Crippen molar-refractivity contribution in [2.75, 3.05) is 0 Å². The molecule has 2 aromatic rings. The second-order valence-corrected chi connectivity index (χ2v) is 7.11. The summed E-state index contributed by atoms with van der Waals surface area (Å²) < 4.78 is 5.90. The summed E-state index contributed by atoms with van der Waals surface area (Å²) in [6.45, 7) is 8.30. The van der Waals surface area contributed by atoms with Crippen molar-refractivity contribution in [3.05, 3.63) is 42.2 Å². The van der Waals surface area contributed by atoms with Gasteiger partial charge in [-0.05, 0) is 32.4 Å². The number of carbonyl (C=O) groups excluding carboxylic acids is 1. The van der Waals surface area contributed by atoms with Crippen LogP contribution in [-0.2, 0) is 4.74 Å². The summed E-state index contributed by atoms with van der Waals surface area (Å²) in [6.07, 6.45) is 2.68. The van der Waals surface area contributed by atoms with Crippen LogP contribution in [0.4, 0.5) is 0 Å². The second kappa shape index (κ2) is 6.36. The van der Waals surface area contributed by atoms with Gasteiger partial charge in [-0.2, -0.15) is 9.90 Å². The number of para-hydroxylation sites is 1. The smallest absolute Gasteiger partial charge is 0.273 e. The maximum atomic E-state index is 12.4. The zero-order valence-electron chi connectivity index (χ0n) is 14.6. The SMILES string of the molecule is CC(C)O[C@@H]1C[C@H](NC(=O)c2cnn(-c3ccccc3)n2)C1(C)C. The van der Waals surface area contributed by atoms with E-state index in [4.69, 9.17) is 4.74 Å². The maximum Gasteiger partial charge on any atom is 0.273 e. The number of rotatable bonds is 5. The summed E-state index contributed by atoms with van der Waals surface area (Å²) in [5.41, 5.74) is 1.06. The average molecular weight is 328 g/mol. The molecule has 0 spiro atoms. The lowest BCUT2D eigenvalue weighted by molar-refractivity contribution is -0.136. The lowest BCUT2D eigenvalue weighted by Gasteiger charge is -2.52. The fraction of sp³-hybridized carbons (Fsp3) is 0.500. The quantitative estimate of drug-likeness (QED) is 0.916. The number of hydrogen-bond donors (Lipinski definition) is 1. The molecule has 1 aromatic heterocycles. The third-order valence-electron chi connectivity index (χ3n) is 4.63. The Morgan fingerprint density at radius 1 is 1.33 bits per heavy atom. The van der Waals surface area contributed by atoms with E-state index in [-0.39, 0.29) is 29.6 Å². The standard InChI is InChI=1S/C18H24N4O2/c1-12(2)24-16-10-15(18(16,3)4)20-17(23)14-11-19-22(21-14)13-8-6-5-7-9-13/h5-9,11-12,15-16H,10H2,1-4H3,(H,20,23)/t15-,16+/m0/s1. The Hall–Kier alpha value is -2.21. The molecule has 1 fully saturated rings. The van der Waals surface area contributed by atoms with Crippen molar-refractivity contribution in [2.24, 2.45) is 5.41 Å². The molecule has 0 saturated heterocycles. The fourth-order valence-corrected chi connectivity index (χ4v) is 2.97. The molecule has 1 amide bonds. The Labute approximate surface area is 142 Å². The average Bonchev–Trinajstić information content (AvgIpc) is 3.04. The van der Waals surface area contributed by atoms with Crippen molar-refractivity contribution in [3.63, 3.8) is 0 Å². The topological polar surface area (TPSA) is 69.0 Å². The fourth-order valence-electron chi connectivity index (χ4n) is 2.97.